The molecule has 0 spiro atoms. The third-order valence-electron chi connectivity index (χ3n) is 8.82. The van der Waals surface area contributed by atoms with E-state index in [4.69, 9.17) is 9.84 Å². The summed E-state index contributed by atoms with van der Waals surface area (Å²) in [6.45, 7) is 7.77. The van der Waals surface area contributed by atoms with E-state index in [-0.39, 0.29) is 24.1 Å². The van der Waals surface area contributed by atoms with Gasteiger partial charge in [0.05, 0.1) is 11.1 Å². The number of anilines is 3. The van der Waals surface area contributed by atoms with Crippen LogP contribution in [0.2, 0.25) is 0 Å². The van der Waals surface area contributed by atoms with Gasteiger partial charge in [-0.15, -0.1) is 0 Å². The number of hydrogen-bond acceptors (Lipinski definition) is 9. The van der Waals surface area contributed by atoms with E-state index in [0.29, 0.717) is 29.3 Å². The van der Waals surface area contributed by atoms with E-state index >= 15 is 0 Å². The highest BCUT2D eigenvalue weighted by atomic mass is 16.6. The first-order valence-corrected chi connectivity index (χ1v) is 16.5. The largest absolute Gasteiger partial charge is 0.444 e. The highest BCUT2D eigenvalue weighted by Crippen LogP contribution is 2.36. The molecule has 0 unspecified atom stereocenters. The maximum atomic E-state index is 13.8. The standard InChI is InChI=1S/C35H42N10O3/c1-35(2,3)48-34(47)45(25-7-8-25)26-11-15-44(16-12-26)29-10-9-27(31-28(29)21-43(5)41-31)32(46)39-24-17-22(19-38-33-36-13-6-14-37-33)30-23(18-24)20-42(4)40-30/h6,9-10,13-14,17-18,20-21,25-26H,7-8,11-12,15-16,19H2,1-5H3,(H,39,46)(H,36,37,38). The average Bonchev–Trinajstić information content (AvgIpc) is 3.67. The lowest BCUT2D eigenvalue weighted by molar-refractivity contribution is 0.0114. The Hall–Kier alpha value is -5.20. The molecule has 1 saturated carbocycles. The van der Waals surface area contributed by atoms with Gasteiger partial charge in [0, 0.05) is 98.3 Å². The first kappa shape index (κ1) is 31.4. The van der Waals surface area contributed by atoms with Gasteiger partial charge in [-0.2, -0.15) is 10.2 Å². The van der Waals surface area contributed by atoms with Gasteiger partial charge in [-0.25, -0.2) is 14.8 Å². The number of rotatable bonds is 8. The first-order chi connectivity index (χ1) is 23.0. The number of ether oxygens (including phenoxy) is 1. The summed E-state index contributed by atoms with van der Waals surface area (Å²) in [5.41, 5.74) is 4.07. The van der Waals surface area contributed by atoms with Gasteiger partial charge in [-0.05, 0) is 76.8 Å². The van der Waals surface area contributed by atoms with Crippen molar-refractivity contribution in [3.05, 3.63) is 66.2 Å². The van der Waals surface area contributed by atoms with Crippen molar-refractivity contribution in [3.63, 3.8) is 0 Å². The molecule has 2 aliphatic rings. The summed E-state index contributed by atoms with van der Waals surface area (Å²) in [5.74, 6) is 0.274. The molecular weight excluding hydrogens is 608 g/mol. The first-order valence-electron chi connectivity index (χ1n) is 16.5. The van der Waals surface area contributed by atoms with Crippen molar-refractivity contribution >= 4 is 51.1 Å². The summed E-state index contributed by atoms with van der Waals surface area (Å²) in [6.07, 6.45) is 10.8. The third-order valence-corrected chi connectivity index (χ3v) is 8.82. The molecule has 2 amide bonds. The quantitative estimate of drug-likeness (QED) is 0.224. The van der Waals surface area contributed by atoms with Crippen LogP contribution < -0.4 is 15.5 Å². The summed E-state index contributed by atoms with van der Waals surface area (Å²) < 4.78 is 9.29. The van der Waals surface area contributed by atoms with Crippen LogP contribution in [0.4, 0.5) is 22.1 Å². The number of fused-ring (bicyclic) bond motifs is 2. The van der Waals surface area contributed by atoms with Gasteiger partial charge in [0.15, 0.2) is 0 Å². The normalized spacial score (nSPS) is 15.6. The molecule has 48 heavy (non-hydrogen) atoms. The molecule has 0 radical (unpaired) electrons. The lowest BCUT2D eigenvalue weighted by atomic mass is 10.0. The van der Waals surface area contributed by atoms with Gasteiger partial charge in [0.2, 0.25) is 5.95 Å². The molecule has 4 heterocycles. The molecule has 5 aromatic rings. The van der Waals surface area contributed by atoms with Gasteiger partial charge in [-0.3, -0.25) is 14.2 Å². The molecule has 3 aromatic heterocycles. The average molecular weight is 651 g/mol. The summed E-state index contributed by atoms with van der Waals surface area (Å²) in [6, 6.07) is 9.94. The van der Waals surface area contributed by atoms with Gasteiger partial charge in [0.25, 0.3) is 5.91 Å². The number of hydrogen-bond donors (Lipinski definition) is 2. The molecule has 1 saturated heterocycles. The number of amides is 2. The Kier molecular flexibility index (Phi) is 8.14. The van der Waals surface area contributed by atoms with E-state index in [1.54, 1.807) is 27.8 Å². The monoisotopic (exact) mass is 650 g/mol. The zero-order chi connectivity index (χ0) is 33.6. The Morgan fingerprint density at radius 3 is 2.33 bits per heavy atom. The van der Waals surface area contributed by atoms with Gasteiger partial charge in [-0.1, -0.05) is 0 Å². The van der Waals surface area contributed by atoms with Crippen LogP contribution in [0.1, 0.15) is 62.4 Å². The van der Waals surface area contributed by atoms with Crippen LogP contribution in [-0.2, 0) is 25.4 Å². The SMILES string of the molecule is Cn1cc2cc(NC(=O)c3ccc(N4CCC(N(C(=O)OC(C)(C)C)C5CC5)CC4)c4cn(C)nc34)cc(CNc3ncccn3)c2n1. The minimum Gasteiger partial charge on any atom is -0.444 e. The number of nitrogens with zero attached hydrogens (tertiary/aromatic N) is 8. The molecular formula is C35H42N10O3. The third kappa shape index (κ3) is 6.62. The van der Waals surface area contributed by atoms with Crippen molar-refractivity contribution in [2.24, 2.45) is 14.1 Å². The van der Waals surface area contributed by atoms with Crippen molar-refractivity contribution in [3.8, 4) is 0 Å². The maximum absolute atomic E-state index is 13.8. The lowest BCUT2D eigenvalue weighted by Crippen LogP contribution is -2.50. The zero-order valence-corrected chi connectivity index (χ0v) is 28.1. The predicted octanol–water partition coefficient (Wildman–Crippen LogP) is 5.48. The number of carbonyl (C=O) groups is 2. The van der Waals surface area contributed by atoms with Crippen LogP contribution >= 0.6 is 0 Å². The fourth-order valence-electron chi connectivity index (χ4n) is 6.61. The number of piperidine rings is 1. The molecule has 7 rings (SSSR count). The molecule has 2 N–H and O–H groups in total. The van der Waals surface area contributed by atoms with Gasteiger partial charge < -0.3 is 25.2 Å². The number of nitrogens with one attached hydrogen (secondary N) is 2. The molecule has 13 heteroatoms. The highest BCUT2D eigenvalue weighted by molar-refractivity contribution is 6.14. The number of aromatic nitrogens is 6. The summed E-state index contributed by atoms with van der Waals surface area (Å²) >= 11 is 0. The Balaban J connectivity index is 1.09. The van der Waals surface area contributed by atoms with Crippen molar-refractivity contribution in [1.29, 1.82) is 0 Å². The van der Waals surface area contributed by atoms with Crippen molar-refractivity contribution in [2.45, 2.75) is 70.7 Å². The predicted molar refractivity (Wildman–Crippen MR) is 185 cm³/mol. The van der Waals surface area contributed by atoms with E-state index in [1.807, 2.05) is 76.4 Å². The topological polar surface area (TPSA) is 135 Å². The van der Waals surface area contributed by atoms with E-state index < -0.39 is 5.60 Å². The van der Waals surface area contributed by atoms with Crippen LogP contribution in [0.5, 0.6) is 0 Å². The molecule has 2 fully saturated rings. The number of aryl methyl sites for hydroxylation is 2. The molecule has 0 atom stereocenters. The van der Waals surface area contributed by atoms with Crippen molar-refractivity contribution < 1.29 is 14.3 Å². The number of benzene rings is 2. The van der Waals surface area contributed by atoms with Crippen molar-refractivity contribution in [2.75, 3.05) is 28.6 Å². The fraction of sp³-hybridized carbons (Fsp3) is 0.429. The lowest BCUT2D eigenvalue weighted by Gasteiger charge is -2.40. The van der Waals surface area contributed by atoms with E-state index in [1.165, 1.54) is 0 Å². The van der Waals surface area contributed by atoms with Gasteiger partial charge in [0.1, 0.15) is 11.1 Å². The van der Waals surface area contributed by atoms with E-state index in [9.17, 15) is 9.59 Å². The van der Waals surface area contributed by atoms with Crippen LogP contribution in [0.3, 0.4) is 0 Å². The molecule has 1 aliphatic carbocycles. The second-order valence-corrected chi connectivity index (χ2v) is 13.8. The second kappa shape index (κ2) is 12.4. The van der Waals surface area contributed by atoms with Crippen molar-refractivity contribution in [1.82, 2.24) is 34.4 Å². The maximum Gasteiger partial charge on any atom is 0.410 e. The Morgan fingerprint density at radius 1 is 0.938 bits per heavy atom. The Bertz CT molecular complexity index is 1970. The van der Waals surface area contributed by atoms with Crippen LogP contribution in [0, 0.1) is 0 Å². The molecule has 250 valence electrons. The van der Waals surface area contributed by atoms with Crippen LogP contribution in [-0.4, -0.2) is 77.2 Å². The molecule has 1 aliphatic heterocycles. The second-order valence-electron chi connectivity index (χ2n) is 13.8. The molecule has 2 aromatic carbocycles. The summed E-state index contributed by atoms with van der Waals surface area (Å²) in [5, 5.41) is 17.5. The van der Waals surface area contributed by atoms with Crippen LogP contribution in [0.25, 0.3) is 21.8 Å². The van der Waals surface area contributed by atoms with E-state index in [0.717, 1.165) is 66.3 Å². The fourth-order valence-corrected chi connectivity index (χ4v) is 6.61. The smallest absolute Gasteiger partial charge is 0.410 e. The number of carbonyl (C=O) groups excluding carboxylic acids is 2. The zero-order valence-electron chi connectivity index (χ0n) is 28.1. The minimum absolute atomic E-state index is 0.149. The highest BCUT2D eigenvalue weighted by Gasteiger charge is 2.41. The molecule has 0 bridgehead atoms. The Morgan fingerprint density at radius 2 is 1.62 bits per heavy atom. The summed E-state index contributed by atoms with van der Waals surface area (Å²) in [7, 11) is 3.75. The van der Waals surface area contributed by atoms with Crippen LogP contribution in [0.15, 0.2) is 55.1 Å². The summed E-state index contributed by atoms with van der Waals surface area (Å²) in [4.78, 5) is 39.8. The Labute approximate surface area is 279 Å². The van der Waals surface area contributed by atoms with E-state index in [2.05, 4.69) is 30.6 Å². The minimum atomic E-state index is -0.520. The van der Waals surface area contributed by atoms with Gasteiger partial charge >= 0.3 is 6.09 Å². The molecule has 13 nitrogen and oxygen atoms in total.